The first-order chi connectivity index (χ1) is 18.3. The van der Waals surface area contributed by atoms with Crippen LogP contribution in [0.3, 0.4) is 0 Å². The molecule has 2 amide bonds. The average molecular weight is 544 g/mol. The van der Waals surface area contributed by atoms with Crippen molar-refractivity contribution in [1.82, 2.24) is 24.6 Å². The van der Waals surface area contributed by atoms with Gasteiger partial charge in [0, 0.05) is 43.7 Å². The maximum atomic E-state index is 14.0. The van der Waals surface area contributed by atoms with Crippen LogP contribution in [-0.4, -0.2) is 67.1 Å². The van der Waals surface area contributed by atoms with E-state index in [9.17, 15) is 19.5 Å². The zero-order valence-corrected chi connectivity index (χ0v) is 22.6. The molecule has 0 bridgehead atoms. The van der Waals surface area contributed by atoms with E-state index in [2.05, 4.69) is 10.2 Å². The number of fused-ring (bicyclic) bond motifs is 1. The van der Waals surface area contributed by atoms with Crippen molar-refractivity contribution in [2.45, 2.75) is 64.5 Å². The summed E-state index contributed by atoms with van der Waals surface area (Å²) in [4.78, 5) is 42.3. The molecule has 1 saturated carbocycles. The second kappa shape index (κ2) is 10.9. The molecule has 10 nitrogen and oxygen atoms in total. The minimum atomic E-state index is -0.919. The Bertz CT molecular complexity index is 1250. The number of rotatable bonds is 7. The summed E-state index contributed by atoms with van der Waals surface area (Å²) >= 11 is 6.67. The van der Waals surface area contributed by atoms with E-state index in [0.717, 1.165) is 36.2 Å². The van der Waals surface area contributed by atoms with E-state index in [0.29, 0.717) is 61.9 Å². The van der Waals surface area contributed by atoms with Gasteiger partial charge in [0.15, 0.2) is 5.82 Å². The number of benzene rings is 1. The van der Waals surface area contributed by atoms with Crippen molar-refractivity contribution in [2.75, 3.05) is 19.6 Å². The number of carbonyl (C=O) groups excluding carboxylic acids is 2. The molecule has 5 rings (SSSR count). The van der Waals surface area contributed by atoms with Crippen LogP contribution in [0.25, 0.3) is 0 Å². The fraction of sp³-hybridized carbons (Fsp3) is 0.593. The molecule has 2 aliphatic heterocycles. The molecule has 2 fully saturated rings. The molecule has 0 radical (unpaired) electrons. The SMILES string of the molecule is Cc1nnc(COc2ccc(Cl)c3c2[C@@H](CN2CCCC2=O)N(C(=O)C2CCCC[C@H]2C(=O)O)CC3)n1C. The van der Waals surface area contributed by atoms with Crippen LogP contribution in [0.15, 0.2) is 12.1 Å². The van der Waals surface area contributed by atoms with E-state index in [1.807, 2.05) is 18.5 Å². The first kappa shape index (κ1) is 26.5. The highest BCUT2D eigenvalue weighted by Gasteiger charge is 2.43. The topological polar surface area (TPSA) is 118 Å². The number of carbonyl (C=O) groups is 3. The van der Waals surface area contributed by atoms with Crippen LogP contribution < -0.4 is 4.74 Å². The van der Waals surface area contributed by atoms with Crippen LogP contribution in [0.1, 0.15) is 67.3 Å². The van der Waals surface area contributed by atoms with Crippen molar-refractivity contribution < 1.29 is 24.2 Å². The van der Waals surface area contributed by atoms with E-state index in [4.69, 9.17) is 16.3 Å². The molecular formula is C27H34ClN5O5. The lowest BCUT2D eigenvalue weighted by Crippen LogP contribution is -2.50. The summed E-state index contributed by atoms with van der Waals surface area (Å²) in [5.74, 6) is -0.280. The molecule has 2 aromatic rings. The fourth-order valence-electron chi connectivity index (χ4n) is 6.12. The highest BCUT2D eigenvalue weighted by molar-refractivity contribution is 6.31. The van der Waals surface area contributed by atoms with Crippen LogP contribution in [-0.2, 0) is 34.5 Å². The Balaban J connectivity index is 1.52. The number of hydrogen-bond donors (Lipinski definition) is 1. The number of aromatic nitrogens is 3. The van der Waals surface area contributed by atoms with Crippen molar-refractivity contribution in [2.24, 2.45) is 18.9 Å². The predicted octanol–water partition coefficient (Wildman–Crippen LogP) is 3.30. The summed E-state index contributed by atoms with van der Waals surface area (Å²) in [7, 11) is 1.87. The molecule has 3 heterocycles. The van der Waals surface area contributed by atoms with Gasteiger partial charge < -0.3 is 24.2 Å². The molecule has 0 spiro atoms. The molecular weight excluding hydrogens is 510 g/mol. The van der Waals surface area contributed by atoms with Crippen LogP contribution in [0.5, 0.6) is 5.75 Å². The van der Waals surface area contributed by atoms with Gasteiger partial charge in [0.1, 0.15) is 18.2 Å². The zero-order valence-electron chi connectivity index (χ0n) is 21.9. The summed E-state index contributed by atoms with van der Waals surface area (Å²) in [6.45, 7) is 3.40. The molecule has 3 aliphatic rings. The number of amides is 2. The van der Waals surface area contributed by atoms with Gasteiger partial charge in [-0.2, -0.15) is 0 Å². The number of halogens is 1. The van der Waals surface area contributed by atoms with Gasteiger partial charge in [-0.05, 0) is 50.3 Å². The van der Waals surface area contributed by atoms with Crippen LogP contribution >= 0.6 is 11.6 Å². The lowest BCUT2D eigenvalue weighted by atomic mass is 9.77. The second-order valence-electron chi connectivity index (χ2n) is 10.5. The highest BCUT2D eigenvalue weighted by Crippen LogP contribution is 2.43. The standard InChI is InChI=1S/C27H34ClN5O5/c1-16-29-30-23(31(16)2)15-38-22-10-9-20(28)19-11-13-33(21(25(19)22)14-32-12-5-8-24(32)34)26(35)17-6-3-4-7-18(17)27(36)37/h9-10,17-18,21H,3-8,11-15H2,1-2H3,(H,36,37)/t17?,18-,21-/m1/s1. The molecule has 1 unspecified atom stereocenters. The lowest BCUT2D eigenvalue weighted by Gasteiger charge is -2.43. The van der Waals surface area contributed by atoms with Crippen molar-refractivity contribution in [3.63, 3.8) is 0 Å². The Kier molecular flexibility index (Phi) is 7.61. The third-order valence-electron chi connectivity index (χ3n) is 8.36. The number of nitrogens with zero attached hydrogens (tertiary/aromatic N) is 5. The molecule has 1 aromatic heterocycles. The van der Waals surface area contributed by atoms with Gasteiger partial charge >= 0.3 is 5.97 Å². The van der Waals surface area contributed by atoms with Gasteiger partial charge in [-0.3, -0.25) is 14.4 Å². The Morgan fingerprint density at radius 1 is 1.11 bits per heavy atom. The van der Waals surface area contributed by atoms with E-state index in [-0.39, 0.29) is 18.4 Å². The molecule has 11 heteroatoms. The van der Waals surface area contributed by atoms with E-state index < -0.39 is 23.8 Å². The molecule has 3 atom stereocenters. The summed E-state index contributed by atoms with van der Waals surface area (Å²) in [6, 6.07) is 3.12. The first-order valence-corrected chi connectivity index (χ1v) is 13.7. The van der Waals surface area contributed by atoms with Crippen molar-refractivity contribution in [3.8, 4) is 5.75 Å². The maximum absolute atomic E-state index is 14.0. The third-order valence-corrected chi connectivity index (χ3v) is 8.71. The molecule has 204 valence electrons. The van der Waals surface area contributed by atoms with E-state index in [1.54, 1.807) is 21.9 Å². The van der Waals surface area contributed by atoms with Gasteiger partial charge in [0.2, 0.25) is 11.8 Å². The fourth-order valence-corrected chi connectivity index (χ4v) is 6.38. The van der Waals surface area contributed by atoms with Gasteiger partial charge in [0.25, 0.3) is 0 Å². The van der Waals surface area contributed by atoms with E-state index in [1.165, 1.54) is 0 Å². The minimum absolute atomic E-state index is 0.0599. The molecule has 1 saturated heterocycles. The summed E-state index contributed by atoms with van der Waals surface area (Å²) in [5, 5.41) is 18.7. The molecule has 1 aromatic carbocycles. The van der Waals surface area contributed by atoms with Crippen LogP contribution in [0.2, 0.25) is 5.02 Å². The Morgan fingerprint density at radius 3 is 2.53 bits per heavy atom. The summed E-state index contributed by atoms with van der Waals surface area (Å²) in [6.07, 6.45) is 4.49. The predicted molar refractivity (Wildman–Crippen MR) is 139 cm³/mol. The molecule has 38 heavy (non-hydrogen) atoms. The smallest absolute Gasteiger partial charge is 0.307 e. The van der Waals surface area contributed by atoms with Crippen LogP contribution in [0, 0.1) is 18.8 Å². The average Bonchev–Trinajstić information content (AvgIpc) is 3.47. The summed E-state index contributed by atoms with van der Waals surface area (Å²) < 4.78 is 8.13. The van der Waals surface area contributed by atoms with Gasteiger partial charge in [0.05, 0.1) is 17.9 Å². The quantitative estimate of drug-likeness (QED) is 0.569. The normalized spacial score (nSPS) is 23.4. The second-order valence-corrected chi connectivity index (χ2v) is 10.9. The number of aliphatic carboxylic acids is 1. The highest BCUT2D eigenvalue weighted by atomic mass is 35.5. The number of ether oxygens (including phenoxy) is 1. The number of carboxylic acid groups (broad SMARTS) is 1. The maximum Gasteiger partial charge on any atom is 0.307 e. The zero-order chi connectivity index (χ0) is 27.0. The Labute approximate surface area is 226 Å². The van der Waals surface area contributed by atoms with Crippen molar-refractivity contribution in [3.05, 3.63) is 39.9 Å². The van der Waals surface area contributed by atoms with Gasteiger partial charge in [-0.15, -0.1) is 10.2 Å². The number of aryl methyl sites for hydroxylation is 1. The Morgan fingerprint density at radius 2 is 1.87 bits per heavy atom. The van der Waals surface area contributed by atoms with Crippen molar-refractivity contribution in [1.29, 1.82) is 0 Å². The monoisotopic (exact) mass is 543 g/mol. The van der Waals surface area contributed by atoms with Crippen molar-refractivity contribution >= 4 is 29.4 Å². The largest absolute Gasteiger partial charge is 0.485 e. The third kappa shape index (κ3) is 4.98. The first-order valence-electron chi connectivity index (χ1n) is 13.4. The Hall–Kier alpha value is -3.14. The number of hydrogen-bond acceptors (Lipinski definition) is 6. The van der Waals surface area contributed by atoms with Crippen LogP contribution in [0.4, 0.5) is 0 Å². The minimum Gasteiger partial charge on any atom is -0.485 e. The van der Waals surface area contributed by atoms with Gasteiger partial charge in [-0.25, -0.2) is 0 Å². The number of likely N-dealkylation sites (tertiary alicyclic amines) is 1. The van der Waals surface area contributed by atoms with Gasteiger partial charge in [-0.1, -0.05) is 24.4 Å². The molecule has 1 aliphatic carbocycles. The summed E-state index contributed by atoms with van der Waals surface area (Å²) in [5.41, 5.74) is 1.69. The molecule has 1 N–H and O–H groups in total. The van der Waals surface area contributed by atoms with E-state index >= 15 is 0 Å². The number of carboxylic acids is 1. The lowest BCUT2D eigenvalue weighted by molar-refractivity contribution is -0.154.